The predicted octanol–water partition coefficient (Wildman–Crippen LogP) is 1.15. The minimum atomic E-state index is -0.897. The molecule has 0 unspecified atom stereocenters. The summed E-state index contributed by atoms with van der Waals surface area (Å²) in [6.07, 6.45) is -0.00748. The molecular weight excluding hydrogens is 315 g/mol. The molecule has 0 atom stereocenters. The summed E-state index contributed by atoms with van der Waals surface area (Å²) in [5, 5.41) is 11.2. The maximum Gasteiger partial charge on any atom is 0.304 e. The van der Waals surface area contributed by atoms with E-state index in [1.165, 1.54) is 12.1 Å². The Hall–Kier alpha value is -1.86. The molecule has 0 aliphatic heterocycles. The van der Waals surface area contributed by atoms with Gasteiger partial charge in [-0.05, 0) is 19.2 Å². The molecule has 0 spiro atoms. The third-order valence-corrected chi connectivity index (χ3v) is 2.61. The highest BCUT2D eigenvalue weighted by molar-refractivity contribution is 5.85. The van der Waals surface area contributed by atoms with Gasteiger partial charge in [-0.15, -0.1) is 12.4 Å². The van der Waals surface area contributed by atoms with E-state index in [0.717, 1.165) is 0 Å². The average molecular weight is 335 g/mol. The topological polar surface area (TPSA) is 78.9 Å². The van der Waals surface area contributed by atoms with Crippen LogP contribution >= 0.6 is 12.4 Å². The van der Waals surface area contributed by atoms with Crippen molar-refractivity contribution in [3.05, 3.63) is 30.1 Å². The Morgan fingerprint density at radius 2 is 2.14 bits per heavy atom. The van der Waals surface area contributed by atoms with Crippen molar-refractivity contribution in [2.24, 2.45) is 0 Å². The number of benzene rings is 1. The third kappa shape index (κ3) is 9.15. The van der Waals surface area contributed by atoms with Gasteiger partial charge in [-0.25, -0.2) is 4.39 Å². The Morgan fingerprint density at radius 3 is 2.77 bits per heavy atom. The number of halogens is 2. The van der Waals surface area contributed by atoms with Crippen molar-refractivity contribution in [3.63, 3.8) is 0 Å². The summed E-state index contributed by atoms with van der Waals surface area (Å²) in [5.41, 5.74) is 0. The van der Waals surface area contributed by atoms with Crippen LogP contribution in [-0.4, -0.2) is 55.2 Å². The van der Waals surface area contributed by atoms with Gasteiger partial charge in [-0.3, -0.25) is 14.5 Å². The van der Waals surface area contributed by atoms with Crippen LogP contribution in [0, 0.1) is 5.82 Å². The molecule has 0 radical (unpaired) electrons. The van der Waals surface area contributed by atoms with Gasteiger partial charge in [0.2, 0.25) is 5.91 Å². The van der Waals surface area contributed by atoms with Gasteiger partial charge in [0.25, 0.3) is 0 Å². The lowest BCUT2D eigenvalue weighted by atomic mass is 10.3. The average Bonchev–Trinajstić information content (AvgIpc) is 2.41. The van der Waals surface area contributed by atoms with Gasteiger partial charge < -0.3 is 15.2 Å². The van der Waals surface area contributed by atoms with Crippen LogP contribution in [-0.2, 0) is 9.59 Å². The third-order valence-electron chi connectivity index (χ3n) is 2.61. The number of hydrogen-bond donors (Lipinski definition) is 2. The molecule has 0 aliphatic carbocycles. The molecule has 1 aromatic rings. The lowest BCUT2D eigenvalue weighted by molar-refractivity contribution is -0.137. The number of carbonyl (C=O) groups is 2. The van der Waals surface area contributed by atoms with Crippen LogP contribution < -0.4 is 10.1 Å². The molecule has 124 valence electrons. The van der Waals surface area contributed by atoms with E-state index in [2.05, 4.69) is 5.32 Å². The van der Waals surface area contributed by atoms with Crippen LogP contribution in [0.1, 0.15) is 6.42 Å². The quantitative estimate of drug-likeness (QED) is 0.662. The van der Waals surface area contributed by atoms with Crippen molar-refractivity contribution >= 4 is 24.3 Å². The standard InChI is InChI=1S/C14H19FN2O4.ClH/c1-17(7-5-14(19)20)10-13(18)16-6-8-21-12-4-2-3-11(15)9-12;/h2-4,9H,5-8,10H2,1H3,(H,16,18)(H,19,20);1H. The number of aliphatic carboxylic acids is 1. The number of nitrogens with zero attached hydrogens (tertiary/aromatic N) is 1. The molecule has 0 saturated heterocycles. The van der Waals surface area contributed by atoms with Crippen molar-refractivity contribution in [2.45, 2.75) is 6.42 Å². The second-order valence-electron chi connectivity index (χ2n) is 4.54. The van der Waals surface area contributed by atoms with Gasteiger partial charge in [-0.1, -0.05) is 6.07 Å². The highest BCUT2D eigenvalue weighted by Crippen LogP contribution is 2.11. The summed E-state index contributed by atoms with van der Waals surface area (Å²) in [7, 11) is 1.67. The van der Waals surface area contributed by atoms with Crippen molar-refractivity contribution in [3.8, 4) is 5.75 Å². The maximum atomic E-state index is 12.9. The highest BCUT2D eigenvalue weighted by Gasteiger charge is 2.07. The Morgan fingerprint density at radius 1 is 1.41 bits per heavy atom. The van der Waals surface area contributed by atoms with Gasteiger partial charge in [0.15, 0.2) is 0 Å². The van der Waals surface area contributed by atoms with Crippen LogP contribution in [0.4, 0.5) is 4.39 Å². The number of carbonyl (C=O) groups excluding carboxylic acids is 1. The van der Waals surface area contributed by atoms with E-state index < -0.39 is 5.97 Å². The fraction of sp³-hybridized carbons (Fsp3) is 0.429. The summed E-state index contributed by atoms with van der Waals surface area (Å²) in [6.45, 7) is 0.950. The first-order chi connectivity index (χ1) is 9.97. The van der Waals surface area contributed by atoms with Crippen LogP contribution in [0.3, 0.4) is 0 Å². The minimum Gasteiger partial charge on any atom is -0.492 e. The first-order valence-corrected chi connectivity index (χ1v) is 6.53. The van der Waals surface area contributed by atoms with Gasteiger partial charge in [0.05, 0.1) is 19.5 Å². The lowest BCUT2D eigenvalue weighted by Gasteiger charge is -2.15. The van der Waals surface area contributed by atoms with Crippen molar-refractivity contribution < 1.29 is 23.8 Å². The zero-order valence-corrected chi connectivity index (χ0v) is 13.1. The van der Waals surface area contributed by atoms with E-state index in [-0.39, 0.29) is 43.7 Å². The van der Waals surface area contributed by atoms with Gasteiger partial charge in [0.1, 0.15) is 18.2 Å². The summed E-state index contributed by atoms with van der Waals surface area (Å²) >= 11 is 0. The molecule has 0 saturated carbocycles. The second-order valence-corrected chi connectivity index (χ2v) is 4.54. The van der Waals surface area contributed by atoms with E-state index in [9.17, 15) is 14.0 Å². The van der Waals surface area contributed by atoms with E-state index in [1.54, 1.807) is 24.1 Å². The van der Waals surface area contributed by atoms with Crippen molar-refractivity contribution in [1.82, 2.24) is 10.2 Å². The zero-order valence-electron chi connectivity index (χ0n) is 12.3. The zero-order chi connectivity index (χ0) is 15.7. The van der Waals surface area contributed by atoms with Gasteiger partial charge >= 0.3 is 5.97 Å². The molecular formula is C14H20ClFN2O4. The summed E-state index contributed by atoms with van der Waals surface area (Å²) in [5.74, 6) is -1.09. The smallest absolute Gasteiger partial charge is 0.304 e. The van der Waals surface area contributed by atoms with Crippen LogP contribution in [0.15, 0.2) is 24.3 Å². The second kappa shape index (κ2) is 10.8. The molecule has 2 N–H and O–H groups in total. The van der Waals surface area contributed by atoms with Crippen LogP contribution in [0.25, 0.3) is 0 Å². The molecule has 0 heterocycles. The summed E-state index contributed by atoms with van der Waals surface area (Å²) < 4.78 is 18.2. The fourth-order valence-electron chi connectivity index (χ4n) is 1.58. The molecule has 0 aliphatic rings. The molecule has 0 fully saturated rings. The maximum absolute atomic E-state index is 12.9. The van der Waals surface area contributed by atoms with Gasteiger partial charge in [0, 0.05) is 12.6 Å². The molecule has 0 aromatic heterocycles. The number of amides is 1. The van der Waals surface area contributed by atoms with Crippen LogP contribution in [0.5, 0.6) is 5.75 Å². The number of likely N-dealkylation sites (N-methyl/N-ethyl adjacent to an activating group) is 1. The summed E-state index contributed by atoms with van der Waals surface area (Å²) in [6, 6.07) is 5.76. The molecule has 1 aromatic carbocycles. The molecule has 6 nitrogen and oxygen atoms in total. The Labute approximate surface area is 134 Å². The predicted molar refractivity (Wildman–Crippen MR) is 81.9 cm³/mol. The van der Waals surface area contributed by atoms with E-state index in [4.69, 9.17) is 9.84 Å². The first kappa shape index (κ1) is 20.1. The monoisotopic (exact) mass is 334 g/mol. The van der Waals surface area contributed by atoms with Crippen LogP contribution in [0.2, 0.25) is 0 Å². The van der Waals surface area contributed by atoms with E-state index in [0.29, 0.717) is 18.8 Å². The number of hydrogen-bond acceptors (Lipinski definition) is 4. The number of carboxylic acid groups (broad SMARTS) is 1. The Kier molecular flexibility index (Phi) is 9.89. The number of carboxylic acids is 1. The van der Waals surface area contributed by atoms with E-state index in [1.807, 2.05) is 0 Å². The van der Waals surface area contributed by atoms with E-state index >= 15 is 0 Å². The Bertz CT molecular complexity index is 488. The Balaban J connectivity index is 0.00000441. The van der Waals surface area contributed by atoms with Gasteiger partial charge in [-0.2, -0.15) is 0 Å². The SMILES string of the molecule is CN(CCC(=O)O)CC(=O)NCCOc1cccc(F)c1.Cl. The molecule has 0 bridgehead atoms. The molecule has 22 heavy (non-hydrogen) atoms. The minimum absolute atomic E-state index is 0. The van der Waals surface area contributed by atoms with Crippen molar-refractivity contribution in [1.29, 1.82) is 0 Å². The number of rotatable bonds is 9. The molecule has 8 heteroatoms. The number of ether oxygens (including phenoxy) is 1. The lowest BCUT2D eigenvalue weighted by Crippen LogP contribution is -2.37. The first-order valence-electron chi connectivity index (χ1n) is 6.53. The molecule has 1 rings (SSSR count). The largest absolute Gasteiger partial charge is 0.492 e. The number of nitrogens with one attached hydrogen (secondary N) is 1. The highest BCUT2D eigenvalue weighted by atomic mass is 35.5. The van der Waals surface area contributed by atoms with Crippen molar-refractivity contribution in [2.75, 3.05) is 33.3 Å². The molecule has 1 amide bonds. The normalized spacial score (nSPS) is 9.95. The fourth-order valence-corrected chi connectivity index (χ4v) is 1.58. The summed E-state index contributed by atoms with van der Waals surface area (Å²) in [4.78, 5) is 23.6.